The first-order chi connectivity index (χ1) is 34.0. The molecule has 2 atom stereocenters. The summed E-state index contributed by atoms with van der Waals surface area (Å²) in [6.07, 6.45) is 70.9. The van der Waals surface area contributed by atoms with Gasteiger partial charge in [-0.2, -0.15) is 0 Å². The molecule has 6 nitrogen and oxygen atoms in total. The minimum atomic E-state index is -0.663. The Bertz CT molecular complexity index is 1030. The van der Waals surface area contributed by atoms with E-state index < -0.39 is 12.1 Å². The second-order valence-electron chi connectivity index (χ2n) is 21.7. The van der Waals surface area contributed by atoms with Crippen molar-refractivity contribution in [3.8, 4) is 0 Å². The number of unbranched alkanes of at least 4 members (excludes halogenated alkanes) is 46. The molecule has 0 aliphatic carbocycles. The molecule has 69 heavy (non-hydrogen) atoms. The quantitative estimate of drug-likeness (QED) is 0.0321. The predicted molar refractivity (Wildman–Crippen MR) is 301 cm³/mol. The molecule has 0 fully saturated rings. The number of amides is 1. The number of rotatable bonds is 59. The van der Waals surface area contributed by atoms with Gasteiger partial charge in [-0.25, -0.2) is 0 Å². The SMILES string of the molecule is CCCCCCCCCCCCCCCC(O)C(CO)NC(=O)CCCCCCCCCCCCC/C=C\CCCCCCCCCCCCCCOC(=O)CCCCCCCCCCCCCC. The van der Waals surface area contributed by atoms with Crippen LogP contribution in [0.4, 0.5) is 0 Å². The maximum absolute atomic E-state index is 12.5. The van der Waals surface area contributed by atoms with Gasteiger partial charge in [-0.05, 0) is 51.4 Å². The summed E-state index contributed by atoms with van der Waals surface area (Å²) in [6.45, 7) is 4.97. The molecule has 0 aromatic carbocycles. The van der Waals surface area contributed by atoms with Gasteiger partial charge in [-0.3, -0.25) is 9.59 Å². The van der Waals surface area contributed by atoms with Gasteiger partial charge in [0.25, 0.3) is 0 Å². The van der Waals surface area contributed by atoms with Crippen LogP contribution < -0.4 is 5.32 Å². The normalized spacial score (nSPS) is 12.6. The van der Waals surface area contributed by atoms with Crippen LogP contribution in [0.5, 0.6) is 0 Å². The van der Waals surface area contributed by atoms with Crippen LogP contribution in [0.15, 0.2) is 12.2 Å². The molecule has 1 amide bonds. The van der Waals surface area contributed by atoms with Gasteiger partial charge in [0.1, 0.15) is 0 Å². The number of ether oxygens (including phenoxy) is 1. The molecule has 0 spiro atoms. The Morgan fingerprint density at radius 2 is 0.681 bits per heavy atom. The van der Waals surface area contributed by atoms with Gasteiger partial charge in [-0.1, -0.05) is 302 Å². The van der Waals surface area contributed by atoms with E-state index in [0.717, 1.165) is 38.5 Å². The van der Waals surface area contributed by atoms with E-state index in [2.05, 4.69) is 31.3 Å². The largest absolute Gasteiger partial charge is 0.466 e. The third-order valence-corrected chi connectivity index (χ3v) is 14.8. The van der Waals surface area contributed by atoms with Gasteiger partial charge >= 0.3 is 5.97 Å². The molecule has 0 radical (unpaired) electrons. The molecule has 2 unspecified atom stereocenters. The van der Waals surface area contributed by atoms with Crippen LogP contribution in [-0.2, 0) is 14.3 Å². The maximum Gasteiger partial charge on any atom is 0.305 e. The number of aliphatic hydroxyl groups is 2. The summed E-state index contributed by atoms with van der Waals surface area (Å²) in [5.74, 6) is -0.0178. The smallest absolute Gasteiger partial charge is 0.305 e. The third kappa shape index (κ3) is 55.8. The molecule has 0 rings (SSSR count). The van der Waals surface area contributed by atoms with Crippen molar-refractivity contribution in [3.05, 3.63) is 12.2 Å². The maximum atomic E-state index is 12.5. The van der Waals surface area contributed by atoms with Crippen LogP contribution in [0.2, 0.25) is 0 Å². The monoisotopic (exact) mass is 974 g/mol. The van der Waals surface area contributed by atoms with E-state index in [1.54, 1.807) is 0 Å². The first-order valence-corrected chi connectivity index (χ1v) is 31.4. The first-order valence-electron chi connectivity index (χ1n) is 31.4. The van der Waals surface area contributed by atoms with Crippen LogP contribution in [0.25, 0.3) is 0 Å². The van der Waals surface area contributed by atoms with E-state index in [4.69, 9.17) is 4.74 Å². The highest BCUT2D eigenvalue weighted by atomic mass is 16.5. The summed E-state index contributed by atoms with van der Waals surface area (Å²) in [4.78, 5) is 24.5. The Labute approximate surface area is 431 Å². The van der Waals surface area contributed by atoms with Crippen molar-refractivity contribution in [2.45, 2.75) is 366 Å². The summed E-state index contributed by atoms with van der Waals surface area (Å²) in [6, 6.07) is -0.540. The average molecular weight is 975 g/mol. The lowest BCUT2D eigenvalue weighted by atomic mass is 10.0. The molecule has 0 heterocycles. The van der Waals surface area contributed by atoms with Crippen molar-refractivity contribution in [2.24, 2.45) is 0 Å². The molecule has 0 saturated carbocycles. The molecule has 0 aromatic heterocycles. The summed E-state index contributed by atoms with van der Waals surface area (Å²) < 4.78 is 5.48. The molecule has 3 N–H and O–H groups in total. The van der Waals surface area contributed by atoms with Crippen molar-refractivity contribution in [1.82, 2.24) is 5.32 Å². The Morgan fingerprint density at radius 3 is 1.03 bits per heavy atom. The molecule has 0 aromatic rings. The van der Waals surface area contributed by atoms with Gasteiger partial charge in [0.2, 0.25) is 5.91 Å². The third-order valence-electron chi connectivity index (χ3n) is 14.8. The summed E-state index contributed by atoms with van der Waals surface area (Å²) >= 11 is 0. The molecule has 6 heteroatoms. The predicted octanol–water partition coefficient (Wildman–Crippen LogP) is 19.6. The second-order valence-corrected chi connectivity index (χ2v) is 21.7. The van der Waals surface area contributed by atoms with E-state index in [0.29, 0.717) is 25.9 Å². The van der Waals surface area contributed by atoms with Gasteiger partial charge in [-0.15, -0.1) is 0 Å². The van der Waals surface area contributed by atoms with Crippen LogP contribution in [-0.4, -0.2) is 47.4 Å². The number of carbonyl (C=O) groups is 2. The fourth-order valence-corrected chi connectivity index (χ4v) is 9.99. The fraction of sp³-hybridized carbons (Fsp3) is 0.937. The van der Waals surface area contributed by atoms with Gasteiger partial charge < -0.3 is 20.3 Å². The van der Waals surface area contributed by atoms with Crippen molar-refractivity contribution >= 4 is 11.9 Å². The Kier molecular flexibility index (Phi) is 58.0. The number of hydrogen-bond donors (Lipinski definition) is 3. The van der Waals surface area contributed by atoms with Crippen LogP contribution >= 0.6 is 0 Å². The van der Waals surface area contributed by atoms with Crippen LogP contribution in [0.3, 0.4) is 0 Å². The number of hydrogen-bond acceptors (Lipinski definition) is 5. The molecule has 0 aliphatic rings. The molecular weight excluding hydrogens is 851 g/mol. The lowest BCUT2D eigenvalue weighted by molar-refractivity contribution is -0.143. The van der Waals surface area contributed by atoms with Gasteiger partial charge in [0.15, 0.2) is 0 Å². The highest BCUT2D eigenvalue weighted by Crippen LogP contribution is 2.18. The lowest BCUT2D eigenvalue weighted by Gasteiger charge is -2.22. The highest BCUT2D eigenvalue weighted by molar-refractivity contribution is 5.76. The number of aliphatic hydroxyl groups excluding tert-OH is 2. The lowest BCUT2D eigenvalue weighted by Crippen LogP contribution is -2.45. The Hall–Kier alpha value is -1.40. The highest BCUT2D eigenvalue weighted by Gasteiger charge is 2.20. The topological polar surface area (TPSA) is 95.9 Å². The second kappa shape index (κ2) is 59.2. The van der Waals surface area contributed by atoms with Crippen molar-refractivity contribution in [2.75, 3.05) is 13.2 Å². The summed E-state index contributed by atoms with van der Waals surface area (Å²) in [5, 5.41) is 23.3. The van der Waals surface area contributed by atoms with Crippen LogP contribution in [0.1, 0.15) is 354 Å². The first kappa shape index (κ1) is 67.6. The Balaban J connectivity index is 3.36. The minimum absolute atomic E-state index is 0.0163. The molecular formula is C63H123NO5. The van der Waals surface area contributed by atoms with Gasteiger partial charge in [0, 0.05) is 12.8 Å². The fourth-order valence-electron chi connectivity index (χ4n) is 9.99. The standard InChI is InChI=1S/C63H123NO5/c1-3-5-7-9-11-13-15-32-35-39-43-47-51-55-61(66)60(59-65)64-62(67)56-52-48-44-40-36-33-30-28-26-24-22-20-18-17-19-21-23-25-27-29-31-34-38-42-46-50-54-58-69-63(68)57-53-49-45-41-37-16-14-12-10-8-6-4-2/h17-18,60-61,65-66H,3-16,19-59H2,1-2H3,(H,64,67)/b18-17-. The minimum Gasteiger partial charge on any atom is -0.466 e. The van der Waals surface area contributed by atoms with E-state index in [1.165, 1.54) is 283 Å². The molecule has 0 aliphatic heterocycles. The van der Waals surface area contributed by atoms with Gasteiger partial charge in [0.05, 0.1) is 25.4 Å². The zero-order valence-electron chi connectivity index (χ0n) is 46.8. The zero-order valence-corrected chi connectivity index (χ0v) is 46.8. The van der Waals surface area contributed by atoms with E-state index in [1.807, 2.05) is 0 Å². The van der Waals surface area contributed by atoms with Crippen LogP contribution in [0, 0.1) is 0 Å². The van der Waals surface area contributed by atoms with Crippen molar-refractivity contribution in [3.63, 3.8) is 0 Å². The zero-order chi connectivity index (χ0) is 50.0. The van der Waals surface area contributed by atoms with Crippen molar-refractivity contribution < 1.29 is 24.5 Å². The average Bonchev–Trinajstić information content (AvgIpc) is 3.35. The number of esters is 1. The van der Waals surface area contributed by atoms with E-state index in [-0.39, 0.29) is 18.5 Å². The summed E-state index contributed by atoms with van der Waals surface area (Å²) in [7, 11) is 0. The van der Waals surface area contributed by atoms with Crippen molar-refractivity contribution in [1.29, 1.82) is 0 Å². The molecule has 0 bridgehead atoms. The number of nitrogens with one attached hydrogen (secondary N) is 1. The molecule has 410 valence electrons. The molecule has 0 saturated heterocycles. The number of carbonyl (C=O) groups excluding carboxylic acids is 2. The van der Waals surface area contributed by atoms with E-state index >= 15 is 0 Å². The summed E-state index contributed by atoms with van der Waals surface area (Å²) in [5.41, 5.74) is 0. The van der Waals surface area contributed by atoms with E-state index in [9.17, 15) is 19.8 Å². The Morgan fingerprint density at radius 1 is 0.391 bits per heavy atom. The number of allylic oxidation sites excluding steroid dienone is 2.